The normalized spacial score (nSPS) is 11.2. The predicted molar refractivity (Wildman–Crippen MR) is 114 cm³/mol. The highest BCUT2D eigenvalue weighted by atomic mass is 16.1. The molecule has 0 saturated carbocycles. The number of rotatable bonds is 6. The Morgan fingerprint density at radius 2 is 1.86 bits per heavy atom. The fourth-order valence-corrected chi connectivity index (χ4v) is 3.55. The molecule has 2 aromatic heterocycles. The number of H-pyrrole nitrogens is 1. The van der Waals surface area contributed by atoms with Gasteiger partial charge in [0.25, 0.3) is 5.56 Å². The van der Waals surface area contributed by atoms with Crippen LogP contribution in [0.5, 0.6) is 0 Å². The van der Waals surface area contributed by atoms with Gasteiger partial charge >= 0.3 is 0 Å². The lowest BCUT2D eigenvalue weighted by atomic mass is 10.0. The van der Waals surface area contributed by atoms with Gasteiger partial charge in [-0.15, -0.1) is 0 Å². The van der Waals surface area contributed by atoms with Gasteiger partial charge in [-0.25, -0.2) is 4.98 Å². The zero-order chi connectivity index (χ0) is 19.5. The maximum absolute atomic E-state index is 12.2. The first-order chi connectivity index (χ1) is 13.7. The van der Waals surface area contributed by atoms with Crippen molar-refractivity contribution < 1.29 is 0 Å². The first-order valence-electron chi connectivity index (χ1n) is 9.68. The van der Waals surface area contributed by atoms with Crippen LogP contribution in [0.3, 0.4) is 0 Å². The van der Waals surface area contributed by atoms with Crippen molar-refractivity contribution in [2.45, 2.75) is 32.7 Å². The maximum atomic E-state index is 12.2. The summed E-state index contributed by atoms with van der Waals surface area (Å²) in [5, 5.41) is 0. The highest BCUT2D eigenvalue weighted by Crippen LogP contribution is 2.26. The molecular weight excluding hydrogens is 348 g/mol. The second-order valence-electron chi connectivity index (χ2n) is 7.04. The summed E-state index contributed by atoms with van der Waals surface area (Å²) in [5.41, 5.74) is 11.4. The van der Waals surface area contributed by atoms with Crippen LogP contribution >= 0.6 is 0 Å². The summed E-state index contributed by atoms with van der Waals surface area (Å²) in [6, 6.07) is 18.2. The Balaban J connectivity index is 1.69. The van der Waals surface area contributed by atoms with Crippen LogP contribution in [0.2, 0.25) is 0 Å². The summed E-state index contributed by atoms with van der Waals surface area (Å²) in [4.78, 5) is 19.5. The lowest BCUT2D eigenvalue weighted by Gasteiger charge is -2.11. The molecule has 2 aromatic carbocycles. The molecule has 0 amide bonds. The number of nitrogens with one attached hydrogen (secondary N) is 1. The molecule has 0 spiro atoms. The zero-order valence-corrected chi connectivity index (χ0v) is 16.0. The van der Waals surface area contributed by atoms with Crippen LogP contribution in [0.1, 0.15) is 31.2 Å². The van der Waals surface area contributed by atoms with E-state index in [-0.39, 0.29) is 5.56 Å². The van der Waals surface area contributed by atoms with Gasteiger partial charge in [-0.05, 0) is 29.7 Å². The Labute approximate surface area is 163 Å². The van der Waals surface area contributed by atoms with Gasteiger partial charge in [0.1, 0.15) is 5.82 Å². The van der Waals surface area contributed by atoms with Crippen molar-refractivity contribution in [3.05, 3.63) is 82.5 Å². The first-order valence-corrected chi connectivity index (χ1v) is 9.68. The van der Waals surface area contributed by atoms with Crippen LogP contribution < -0.4 is 11.3 Å². The Morgan fingerprint density at radius 1 is 1.07 bits per heavy atom. The number of unbranched alkanes of at least 4 members (excludes halogenated alkanes) is 1. The fourth-order valence-electron chi connectivity index (χ4n) is 3.55. The van der Waals surface area contributed by atoms with Crippen molar-refractivity contribution in [3.8, 4) is 11.1 Å². The Kier molecular flexibility index (Phi) is 4.98. The largest absolute Gasteiger partial charge is 0.398 e. The van der Waals surface area contributed by atoms with E-state index in [1.165, 1.54) is 0 Å². The molecule has 0 bridgehead atoms. The quantitative estimate of drug-likeness (QED) is 0.494. The number of nitrogens with zero attached hydrogens (tertiary/aromatic N) is 2. The van der Waals surface area contributed by atoms with Crippen molar-refractivity contribution in [2.75, 3.05) is 5.73 Å². The zero-order valence-electron chi connectivity index (χ0n) is 16.0. The van der Waals surface area contributed by atoms with E-state index in [1.807, 2.05) is 30.3 Å². The van der Waals surface area contributed by atoms with E-state index < -0.39 is 0 Å². The molecule has 4 rings (SSSR count). The summed E-state index contributed by atoms with van der Waals surface area (Å²) in [5.74, 6) is 0.963. The summed E-state index contributed by atoms with van der Waals surface area (Å²) in [7, 11) is 0. The number of hydrogen-bond acceptors (Lipinski definition) is 3. The number of nitrogens with two attached hydrogens (primary N) is 1. The number of imidazole rings is 1. The standard InChI is InChI=1S/C23H24N4O/c1-2-3-8-21-26-22-20(13-14-25-23(22)28)27(21)15-16-9-11-17(12-10-16)18-6-4-5-7-19(18)24/h4-7,9-14H,2-3,8,15,24H2,1H3,(H,25,28). The minimum Gasteiger partial charge on any atom is -0.398 e. The number of benzene rings is 2. The molecule has 5 nitrogen and oxygen atoms in total. The molecule has 28 heavy (non-hydrogen) atoms. The minimum atomic E-state index is -0.135. The highest BCUT2D eigenvalue weighted by molar-refractivity contribution is 5.76. The fraction of sp³-hybridized carbons (Fsp3) is 0.217. The molecule has 142 valence electrons. The molecule has 5 heteroatoms. The molecule has 0 atom stereocenters. The van der Waals surface area contributed by atoms with Gasteiger partial charge in [-0.3, -0.25) is 4.79 Å². The molecule has 0 fully saturated rings. The smallest absolute Gasteiger partial charge is 0.276 e. The van der Waals surface area contributed by atoms with Gasteiger partial charge in [0, 0.05) is 30.4 Å². The van der Waals surface area contributed by atoms with Gasteiger partial charge in [0.15, 0.2) is 5.52 Å². The highest BCUT2D eigenvalue weighted by Gasteiger charge is 2.13. The van der Waals surface area contributed by atoms with Gasteiger partial charge in [-0.2, -0.15) is 0 Å². The van der Waals surface area contributed by atoms with Gasteiger partial charge in [0.2, 0.25) is 0 Å². The van der Waals surface area contributed by atoms with E-state index in [9.17, 15) is 4.79 Å². The summed E-state index contributed by atoms with van der Waals surface area (Å²) >= 11 is 0. The maximum Gasteiger partial charge on any atom is 0.276 e. The van der Waals surface area contributed by atoms with Crippen LogP contribution in [0.4, 0.5) is 5.69 Å². The van der Waals surface area contributed by atoms with Crippen LogP contribution in [0, 0.1) is 0 Å². The predicted octanol–water partition coefficient (Wildman–Crippen LogP) is 4.36. The van der Waals surface area contributed by atoms with Crippen LogP contribution in [-0.2, 0) is 13.0 Å². The lowest BCUT2D eigenvalue weighted by Crippen LogP contribution is -2.06. The van der Waals surface area contributed by atoms with Crippen molar-refractivity contribution in [1.82, 2.24) is 14.5 Å². The third-order valence-corrected chi connectivity index (χ3v) is 5.08. The van der Waals surface area contributed by atoms with Crippen molar-refractivity contribution >= 4 is 16.7 Å². The van der Waals surface area contributed by atoms with Crippen LogP contribution in [0.15, 0.2) is 65.6 Å². The molecule has 0 unspecified atom stereocenters. The van der Waals surface area contributed by atoms with Gasteiger partial charge in [-0.1, -0.05) is 55.8 Å². The number of para-hydroxylation sites is 1. The lowest BCUT2D eigenvalue weighted by molar-refractivity contribution is 0.690. The number of pyridine rings is 1. The molecule has 0 aliphatic carbocycles. The minimum absolute atomic E-state index is 0.135. The molecule has 0 aliphatic heterocycles. The van der Waals surface area contributed by atoms with Crippen LogP contribution in [-0.4, -0.2) is 14.5 Å². The molecule has 2 heterocycles. The second-order valence-corrected chi connectivity index (χ2v) is 7.04. The summed E-state index contributed by atoms with van der Waals surface area (Å²) in [6.07, 6.45) is 4.69. The van der Waals surface area contributed by atoms with Crippen LogP contribution in [0.25, 0.3) is 22.2 Å². The Morgan fingerprint density at radius 3 is 2.61 bits per heavy atom. The monoisotopic (exact) mass is 372 g/mol. The average molecular weight is 372 g/mol. The Bertz CT molecular complexity index is 1160. The van der Waals surface area contributed by atoms with Gasteiger partial charge < -0.3 is 15.3 Å². The Hall–Kier alpha value is -3.34. The van der Waals surface area contributed by atoms with Crippen molar-refractivity contribution in [1.29, 1.82) is 0 Å². The SMILES string of the molecule is CCCCc1nc2c(=O)[nH]ccc2n1Cc1ccc(-c2ccccc2N)cc1. The average Bonchev–Trinajstić information content (AvgIpc) is 3.06. The van der Waals surface area contributed by atoms with Crippen molar-refractivity contribution in [2.24, 2.45) is 0 Å². The van der Waals surface area contributed by atoms with E-state index in [0.29, 0.717) is 12.1 Å². The van der Waals surface area contributed by atoms with E-state index in [4.69, 9.17) is 5.73 Å². The number of nitrogen functional groups attached to an aromatic ring is 1. The van der Waals surface area contributed by atoms with Gasteiger partial charge in [0.05, 0.1) is 5.52 Å². The molecule has 0 aliphatic rings. The number of aryl methyl sites for hydroxylation is 1. The molecule has 3 N–H and O–H groups in total. The van der Waals surface area contributed by atoms with E-state index in [0.717, 1.165) is 53.0 Å². The molecule has 0 saturated heterocycles. The van der Waals surface area contributed by atoms with E-state index in [1.54, 1.807) is 6.20 Å². The summed E-state index contributed by atoms with van der Waals surface area (Å²) in [6.45, 7) is 2.84. The number of aromatic amines is 1. The number of aromatic nitrogens is 3. The number of hydrogen-bond donors (Lipinski definition) is 2. The topological polar surface area (TPSA) is 76.7 Å². The molecular formula is C23H24N4O. The van der Waals surface area contributed by atoms with Crippen molar-refractivity contribution in [3.63, 3.8) is 0 Å². The number of fused-ring (bicyclic) bond motifs is 1. The summed E-state index contributed by atoms with van der Waals surface area (Å²) < 4.78 is 2.16. The third kappa shape index (κ3) is 3.43. The third-order valence-electron chi connectivity index (χ3n) is 5.08. The van der Waals surface area contributed by atoms with E-state index in [2.05, 4.69) is 45.7 Å². The molecule has 0 radical (unpaired) electrons. The number of anilines is 1. The van der Waals surface area contributed by atoms with E-state index >= 15 is 0 Å². The molecule has 4 aromatic rings. The second kappa shape index (κ2) is 7.72. The first kappa shape index (κ1) is 18.0.